The fraction of sp³-hybridized carbons (Fsp3) is 0.409. The smallest absolute Gasteiger partial charge is 0.407 e. The number of aryl methyl sites for hydroxylation is 2. The molecule has 0 aromatic heterocycles. The summed E-state index contributed by atoms with van der Waals surface area (Å²) in [6, 6.07) is 17.7. The lowest BCUT2D eigenvalue weighted by molar-refractivity contribution is 0.106. The number of hydrogen-bond acceptors (Lipinski definition) is 3. The molecule has 2 N–H and O–H groups in total. The number of rotatable bonds is 5. The molecule has 4 heteroatoms. The van der Waals surface area contributed by atoms with Crippen molar-refractivity contribution in [1.29, 1.82) is 0 Å². The quantitative estimate of drug-likeness (QED) is 0.858. The summed E-state index contributed by atoms with van der Waals surface area (Å²) in [4.78, 5) is 11.7. The van der Waals surface area contributed by atoms with Gasteiger partial charge in [-0.1, -0.05) is 59.7 Å². The van der Waals surface area contributed by atoms with Gasteiger partial charge in [-0.2, -0.15) is 0 Å². The van der Waals surface area contributed by atoms with Gasteiger partial charge in [0, 0.05) is 31.5 Å². The van der Waals surface area contributed by atoms with Gasteiger partial charge in [-0.25, -0.2) is 4.79 Å². The average molecular weight is 352 g/mol. The zero-order valence-corrected chi connectivity index (χ0v) is 15.8. The maximum absolute atomic E-state index is 11.7. The molecule has 1 aliphatic heterocycles. The van der Waals surface area contributed by atoms with Gasteiger partial charge >= 0.3 is 6.09 Å². The van der Waals surface area contributed by atoms with Crippen LogP contribution in [0.3, 0.4) is 0 Å². The molecule has 3 rings (SSSR count). The van der Waals surface area contributed by atoms with E-state index in [1.807, 2.05) is 6.92 Å². The Kier molecular flexibility index (Phi) is 5.94. The van der Waals surface area contributed by atoms with Gasteiger partial charge in [0.15, 0.2) is 0 Å². The molecule has 1 unspecified atom stereocenters. The van der Waals surface area contributed by atoms with E-state index in [2.05, 4.69) is 73.0 Å². The highest BCUT2D eigenvalue weighted by molar-refractivity contribution is 5.67. The Morgan fingerprint density at radius 3 is 2.12 bits per heavy atom. The van der Waals surface area contributed by atoms with E-state index in [1.54, 1.807) is 0 Å². The summed E-state index contributed by atoms with van der Waals surface area (Å²) in [7, 11) is 0. The number of nitrogens with one attached hydrogen (secondary N) is 2. The van der Waals surface area contributed by atoms with E-state index in [4.69, 9.17) is 4.74 Å². The minimum absolute atomic E-state index is 0.0926. The molecule has 2 aromatic carbocycles. The summed E-state index contributed by atoms with van der Waals surface area (Å²) in [5, 5.41) is 6.28. The Morgan fingerprint density at radius 2 is 1.62 bits per heavy atom. The van der Waals surface area contributed by atoms with Gasteiger partial charge in [-0.3, -0.25) is 0 Å². The third-order valence-electron chi connectivity index (χ3n) is 4.99. The molecule has 1 amide bonds. The fourth-order valence-electron chi connectivity index (χ4n) is 3.62. The van der Waals surface area contributed by atoms with E-state index >= 15 is 0 Å². The molecule has 2 aromatic rings. The van der Waals surface area contributed by atoms with Crippen LogP contribution in [-0.2, 0) is 4.74 Å². The summed E-state index contributed by atoms with van der Waals surface area (Å²) in [6.45, 7) is 7.37. The SMILES string of the molecule is CCNC(=O)O[C@H]1CNC(C(c2ccc(C)cc2)c2ccc(C)cc2)C1. The summed E-state index contributed by atoms with van der Waals surface area (Å²) < 4.78 is 5.53. The van der Waals surface area contributed by atoms with Gasteiger partial charge in [-0.15, -0.1) is 0 Å². The molecule has 0 saturated carbocycles. The second-order valence-electron chi connectivity index (χ2n) is 7.11. The van der Waals surface area contributed by atoms with Gasteiger partial charge < -0.3 is 15.4 Å². The predicted molar refractivity (Wildman–Crippen MR) is 105 cm³/mol. The summed E-state index contributed by atoms with van der Waals surface area (Å²) >= 11 is 0. The lowest BCUT2D eigenvalue weighted by atomic mass is 9.83. The number of carbonyl (C=O) groups excluding carboxylic acids is 1. The van der Waals surface area contributed by atoms with Crippen LogP contribution in [0.25, 0.3) is 0 Å². The zero-order chi connectivity index (χ0) is 18.5. The molecule has 0 spiro atoms. The van der Waals surface area contributed by atoms with Crippen LogP contribution >= 0.6 is 0 Å². The largest absolute Gasteiger partial charge is 0.445 e. The van der Waals surface area contributed by atoms with E-state index in [1.165, 1.54) is 22.3 Å². The van der Waals surface area contributed by atoms with Crippen LogP contribution in [0.4, 0.5) is 4.79 Å². The Labute approximate surface area is 156 Å². The van der Waals surface area contributed by atoms with Crippen LogP contribution in [0, 0.1) is 13.8 Å². The lowest BCUT2D eigenvalue weighted by Gasteiger charge is -2.25. The first-order valence-electron chi connectivity index (χ1n) is 9.38. The van der Waals surface area contributed by atoms with Gasteiger partial charge in [0.1, 0.15) is 6.10 Å². The molecule has 1 heterocycles. The topological polar surface area (TPSA) is 50.4 Å². The number of carbonyl (C=O) groups is 1. The first-order valence-corrected chi connectivity index (χ1v) is 9.38. The van der Waals surface area contributed by atoms with Gasteiger partial charge in [-0.05, 0) is 31.9 Å². The summed E-state index contributed by atoms with van der Waals surface area (Å²) in [5.41, 5.74) is 5.09. The van der Waals surface area contributed by atoms with Crippen LogP contribution in [0.15, 0.2) is 48.5 Å². The third kappa shape index (κ3) is 4.44. The molecular weight excluding hydrogens is 324 g/mol. The minimum Gasteiger partial charge on any atom is -0.445 e. The number of hydrogen-bond donors (Lipinski definition) is 2. The summed E-state index contributed by atoms with van der Waals surface area (Å²) in [5.74, 6) is 0.235. The third-order valence-corrected chi connectivity index (χ3v) is 4.99. The van der Waals surface area contributed by atoms with Crippen molar-refractivity contribution in [2.24, 2.45) is 0 Å². The van der Waals surface area contributed by atoms with Crippen LogP contribution in [0.2, 0.25) is 0 Å². The molecule has 0 aliphatic carbocycles. The zero-order valence-electron chi connectivity index (χ0n) is 15.8. The van der Waals surface area contributed by atoms with Gasteiger partial charge in [0.2, 0.25) is 0 Å². The molecule has 1 aliphatic rings. The highest BCUT2D eigenvalue weighted by Gasteiger charge is 2.34. The van der Waals surface area contributed by atoms with E-state index < -0.39 is 0 Å². The lowest BCUT2D eigenvalue weighted by Crippen LogP contribution is -2.30. The van der Waals surface area contributed by atoms with E-state index in [0.717, 1.165) is 6.42 Å². The molecule has 1 fully saturated rings. The molecule has 26 heavy (non-hydrogen) atoms. The Morgan fingerprint density at radius 1 is 1.08 bits per heavy atom. The standard InChI is InChI=1S/C22H28N2O2/c1-4-23-22(25)26-19-13-20(24-14-19)21(17-9-5-15(2)6-10-17)18-11-7-16(3)8-12-18/h5-12,19-21,24H,4,13-14H2,1-3H3,(H,23,25)/t19-,20?/m1/s1. The van der Waals surface area contributed by atoms with E-state index in [0.29, 0.717) is 13.1 Å². The maximum atomic E-state index is 11.7. The van der Waals surface area contributed by atoms with Crippen LogP contribution in [0.1, 0.15) is 41.5 Å². The second kappa shape index (κ2) is 8.37. The van der Waals surface area contributed by atoms with Gasteiger partial charge in [0.05, 0.1) is 0 Å². The maximum Gasteiger partial charge on any atom is 0.407 e. The molecule has 138 valence electrons. The molecule has 0 radical (unpaired) electrons. The fourth-order valence-corrected chi connectivity index (χ4v) is 3.62. The highest BCUT2D eigenvalue weighted by Crippen LogP contribution is 2.33. The monoisotopic (exact) mass is 352 g/mol. The van der Waals surface area contributed by atoms with Crippen LogP contribution < -0.4 is 10.6 Å². The Bertz CT molecular complexity index is 679. The molecule has 0 bridgehead atoms. The van der Waals surface area contributed by atoms with Crippen LogP contribution in [0.5, 0.6) is 0 Å². The molecule has 1 saturated heterocycles. The minimum atomic E-state index is -0.331. The Balaban J connectivity index is 1.81. The van der Waals surface area contributed by atoms with Crippen molar-refractivity contribution in [3.8, 4) is 0 Å². The van der Waals surface area contributed by atoms with Crippen LogP contribution in [-0.4, -0.2) is 31.3 Å². The van der Waals surface area contributed by atoms with Gasteiger partial charge in [0.25, 0.3) is 0 Å². The number of alkyl carbamates (subject to hydrolysis) is 1. The number of benzene rings is 2. The van der Waals surface area contributed by atoms with Crippen molar-refractivity contribution in [3.63, 3.8) is 0 Å². The molecular formula is C22H28N2O2. The summed E-state index contributed by atoms with van der Waals surface area (Å²) in [6.07, 6.45) is 0.385. The van der Waals surface area contributed by atoms with Crippen molar-refractivity contribution in [2.75, 3.05) is 13.1 Å². The first-order chi connectivity index (χ1) is 12.6. The van der Waals surface area contributed by atoms with Crippen molar-refractivity contribution < 1.29 is 9.53 Å². The second-order valence-corrected chi connectivity index (χ2v) is 7.11. The highest BCUT2D eigenvalue weighted by atomic mass is 16.6. The predicted octanol–water partition coefficient (Wildman–Crippen LogP) is 3.91. The first kappa shape index (κ1) is 18.5. The van der Waals surface area contributed by atoms with Crippen molar-refractivity contribution in [3.05, 3.63) is 70.8 Å². The number of amides is 1. The van der Waals surface area contributed by atoms with E-state index in [-0.39, 0.29) is 24.2 Å². The molecule has 2 atom stereocenters. The number of ether oxygens (including phenoxy) is 1. The van der Waals surface area contributed by atoms with Crippen molar-refractivity contribution >= 4 is 6.09 Å². The van der Waals surface area contributed by atoms with Crippen molar-refractivity contribution in [2.45, 2.75) is 45.3 Å². The van der Waals surface area contributed by atoms with Crippen molar-refractivity contribution in [1.82, 2.24) is 10.6 Å². The average Bonchev–Trinajstić information content (AvgIpc) is 3.06. The Hall–Kier alpha value is -2.33. The molecule has 4 nitrogen and oxygen atoms in total. The normalized spacial score (nSPS) is 19.5. The van der Waals surface area contributed by atoms with E-state index in [9.17, 15) is 4.79 Å².